The Hall–Kier alpha value is -2.82. The van der Waals surface area contributed by atoms with Crippen molar-refractivity contribution < 1.29 is 14.3 Å². The van der Waals surface area contributed by atoms with E-state index in [2.05, 4.69) is 4.98 Å². The van der Waals surface area contributed by atoms with E-state index in [4.69, 9.17) is 9.47 Å². The van der Waals surface area contributed by atoms with Crippen LogP contribution in [0.2, 0.25) is 0 Å². The van der Waals surface area contributed by atoms with Gasteiger partial charge in [-0.05, 0) is 48.7 Å². The zero-order chi connectivity index (χ0) is 17.6. The van der Waals surface area contributed by atoms with Crippen molar-refractivity contribution in [1.29, 1.82) is 0 Å². The number of nitrogens with zero attached hydrogens (tertiary/aromatic N) is 2. The Kier molecular flexibility index (Phi) is 5.33. The summed E-state index contributed by atoms with van der Waals surface area (Å²) in [6.07, 6.45) is 8.94. The summed E-state index contributed by atoms with van der Waals surface area (Å²) in [5.74, 6) is 1.51. The maximum Gasteiger partial charge on any atom is 0.247 e. The minimum absolute atomic E-state index is 0.00349. The first-order chi connectivity index (χ1) is 12.2. The van der Waals surface area contributed by atoms with Crippen LogP contribution < -0.4 is 9.47 Å². The van der Waals surface area contributed by atoms with Gasteiger partial charge in [0.1, 0.15) is 11.5 Å². The highest BCUT2D eigenvalue weighted by molar-refractivity contribution is 5.92. The van der Waals surface area contributed by atoms with Gasteiger partial charge in [0.25, 0.3) is 0 Å². The van der Waals surface area contributed by atoms with E-state index in [0.717, 1.165) is 35.5 Å². The topological polar surface area (TPSA) is 51.7 Å². The van der Waals surface area contributed by atoms with E-state index >= 15 is 0 Å². The molecule has 0 N–H and O–H groups in total. The first kappa shape index (κ1) is 17.0. The molecule has 2 aromatic rings. The molecule has 0 radical (unpaired) electrons. The Balaban J connectivity index is 1.78. The SMILES string of the molecule is COc1ccc(OC)c(CN(C(=O)C=Cc2cccnc2)C2CC2)c1. The fourth-order valence-electron chi connectivity index (χ4n) is 2.70. The minimum Gasteiger partial charge on any atom is -0.497 e. The van der Waals surface area contributed by atoms with Crippen molar-refractivity contribution in [3.05, 3.63) is 59.9 Å². The molecule has 5 nitrogen and oxygen atoms in total. The molecule has 0 unspecified atom stereocenters. The molecule has 0 saturated heterocycles. The van der Waals surface area contributed by atoms with Crippen molar-refractivity contribution in [3.63, 3.8) is 0 Å². The lowest BCUT2D eigenvalue weighted by Gasteiger charge is -2.22. The highest BCUT2D eigenvalue weighted by Crippen LogP contribution is 2.32. The van der Waals surface area contributed by atoms with Crippen molar-refractivity contribution in [3.8, 4) is 11.5 Å². The summed E-state index contributed by atoms with van der Waals surface area (Å²) in [4.78, 5) is 18.7. The van der Waals surface area contributed by atoms with E-state index in [1.54, 1.807) is 38.8 Å². The van der Waals surface area contributed by atoms with Crippen LogP contribution >= 0.6 is 0 Å². The number of carbonyl (C=O) groups excluding carboxylic acids is 1. The third-order valence-corrected chi connectivity index (χ3v) is 4.20. The molecule has 3 rings (SSSR count). The van der Waals surface area contributed by atoms with E-state index < -0.39 is 0 Å². The number of hydrogen-bond acceptors (Lipinski definition) is 4. The second-order valence-electron chi connectivity index (χ2n) is 5.99. The molecule has 1 aromatic heterocycles. The second kappa shape index (κ2) is 7.83. The highest BCUT2D eigenvalue weighted by Gasteiger charge is 2.32. The summed E-state index contributed by atoms with van der Waals surface area (Å²) >= 11 is 0. The van der Waals surface area contributed by atoms with Gasteiger partial charge >= 0.3 is 0 Å². The van der Waals surface area contributed by atoms with Crippen LogP contribution in [0.5, 0.6) is 11.5 Å². The van der Waals surface area contributed by atoms with Gasteiger partial charge < -0.3 is 14.4 Å². The van der Waals surface area contributed by atoms with Gasteiger partial charge in [-0.2, -0.15) is 0 Å². The second-order valence-corrected chi connectivity index (χ2v) is 5.99. The summed E-state index contributed by atoms with van der Waals surface area (Å²) in [7, 11) is 3.27. The van der Waals surface area contributed by atoms with Crippen molar-refractivity contribution in [2.45, 2.75) is 25.4 Å². The smallest absolute Gasteiger partial charge is 0.247 e. The molecular formula is C20H22N2O3. The molecule has 0 spiro atoms. The fraction of sp³-hybridized carbons (Fsp3) is 0.300. The van der Waals surface area contributed by atoms with E-state index in [9.17, 15) is 4.79 Å². The van der Waals surface area contributed by atoms with Crippen LogP contribution in [0.15, 0.2) is 48.8 Å². The molecule has 130 valence electrons. The van der Waals surface area contributed by atoms with Crippen molar-refractivity contribution in [2.75, 3.05) is 14.2 Å². The van der Waals surface area contributed by atoms with Crippen LogP contribution in [0.25, 0.3) is 6.08 Å². The van der Waals surface area contributed by atoms with E-state index in [1.165, 1.54) is 0 Å². The lowest BCUT2D eigenvalue weighted by atomic mass is 10.1. The summed E-state index contributed by atoms with van der Waals surface area (Å²) < 4.78 is 10.7. The van der Waals surface area contributed by atoms with Crippen LogP contribution in [0, 0.1) is 0 Å². The maximum absolute atomic E-state index is 12.7. The number of methoxy groups -OCH3 is 2. The number of amides is 1. The Labute approximate surface area is 147 Å². The van der Waals surface area contributed by atoms with Gasteiger partial charge in [0.05, 0.1) is 20.8 Å². The third kappa shape index (κ3) is 4.38. The molecule has 1 amide bonds. The fourth-order valence-corrected chi connectivity index (χ4v) is 2.70. The Bertz CT molecular complexity index is 755. The predicted octanol–water partition coefficient (Wildman–Crippen LogP) is 3.30. The van der Waals surface area contributed by atoms with Crippen molar-refractivity contribution in [1.82, 2.24) is 9.88 Å². The molecule has 1 saturated carbocycles. The Morgan fingerprint density at radius 3 is 2.76 bits per heavy atom. The van der Waals surface area contributed by atoms with Gasteiger partial charge in [-0.15, -0.1) is 0 Å². The molecule has 1 heterocycles. The number of aromatic nitrogens is 1. The average molecular weight is 338 g/mol. The highest BCUT2D eigenvalue weighted by atomic mass is 16.5. The molecular weight excluding hydrogens is 316 g/mol. The van der Waals surface area contributed by atoms with Gasteiger partial charge in [-0.3, -0.25) is 9.78 Å². The molecule has 1 aromatic carbocycles. The van der Waals surface area contributed by atoms with Crippen LogP contribution in [-0.2, 0) is 11.3 Å². The lowest BCUT2D eigenvalue weighted by Crippen LogP contribution is -2.31. The van der Waals surface area contributed by atoms with Crippen LogP contribution in [0.4, 0.5) is 0 Å². The summed E-state index contributed by atoms with van der Waals surface area (Å²) in [6, 6.07) is 9.71. The average Bonchev–Trinajstić information content (AvgIpc) is 3.49. The Morgan fingerprint density at radius 2 is 2.12 bits per heavy atom. The van der Waals surface area contributed by atoms with E-state index in [-0.39, 0.29) is 5.91 Å². The molecule has 0 aliphatic heterocycles. The first-order valence-corrected chi connectivity index (χ1v) is 8.31. The molecule has 0 atom stereocenters. The van der Waals surface area contributed by atoms with Gasteiger partial charge in [0.2, 0.25) is 5.91 Å². The van der Waals surface area contributed by atoms with Gasteiger partial charge in [-0.25, -0.2) is 0 Å². The molecule has 1 aliphatic carbocycles. The molecule has 1 aliphatic rings. The number of pyridine rings is 1. The van der Waals surface area contributed by atoms with Crippen molar-refractivity contribution in [2.24, 2.45) is 0 Å². The summed E-state index contributed by atoms with van der Waals surface area (Å²) in [5.41, 5.74) is 1.85. The molecule has 5 heteroatoms. The lowest BCUT2D eigenvalue weighted by molar-refractivity contribution is -0.127. The zero-order valence-electron chi connectivity index (χ0n) is 14.5. The number of hydrogen-bond donors (Lipinski definition) is 0. The monoisotopic (exact) mass is 338 g/mol. The number of ether oxygens (including phenoxy) is 2. The van der Waals surface area contributed by atoms with Gasteiger partial charge in [-0.1, -0.05) is 6.07 Å². The van der Waals surface area contributed by atoms with Crippen LogP contribution in [-0.4, -0.2) is 36.1 Å². The largest absolute Gasteiger partial charge is 0.497 e. The molecule has 1 fully saturated rings. The standard InChI is InChI=1S/C20H22N2O3/c1-24-18-8-9-19(25-2)16(12-18)14-22(17-6-7-17)20(23)10-5-15-4-3-11-21-13-15/h3-5,8-13,17H,6-7,14H2,1-2H3. The predicted molar refractivity (Wildman–Crippen MR) is 96.4 cm³/mol. The number of benzene rings is 1. The number of carbonyl (C=O) groups is 1. The van der Waals surface area contributed by atoms with Crippen molar-refractivity contribution >= 4 is 12.0 Å². The maximum atomic E-state index is 12.7. The molecule has 25 heavy (non-hydrogen) atoms. The Morgan fingerprint density at radius 1 is 1.28 bits per heavy atom. The van der Waals surface area contributed by atoms with Crippen LogP contribution in [0.3, 0.4) is 0 Å². The van der Waals surface area contributed by atoms with Crippen LogP contribution in [0.1, 0.15) is 24.0 Å². The van der Waals surface area contributed by atoms with Gasteiger partial charge in [0.15, 0.2) is 0 Å². The van der Waals surface area contributed by atoms with E-state index in [1.807, 2.05) is 35.2 Å². The third-order valence-electron chi connectivity index (χ3n) is 4.20. The minimum atomic E-state index is -0.00349. The first-order valence-electron chi connectivity index (χ1n) is 8.31. The normalized spacial score (nSPS) is 13.7. The summed E-state index contributed by atoms with van der Waals surface area (Å²) in [5, 5.41) is 0. The zero-order valence-corrected chi connectivity index (χ0v) is 14.5. The van der Waals surface area contributed by atoms with E-state index in [0.29, 0.717) is 12.6 Å². The van der Waals surface area contributed by atoms with Gasteiger partial charge in [0, 0.05) is 30.1 Å². The summed E-state index contributed by atoms with van der Waals surface area (Å²) in [6.45, 7) is 0.501. The quantitative estimate of drug-likeness (QED) is 0.727. The number of rotatable bonds is 7. The molecule has 0 bridgehead atoms.